The Morgan fingerprint density at radius 3 is 2.36 bits per heavy atom. The number of pyridine rings is 1. The molecule has 0 saturated heterocycles. The summed E-state index contributed by atoms with van der Waals surface area (Å²) < 4.78 is 36.0. The largest absolute Gasteiger partial charge is 0.461 e. The molecule has 1 amide bonds. The molecule has 0 unspecified atom stereocenters. The molecule has 0 N–H and O–H groups in total. The molecular formula is C23H21F2N5O3. The van der Waals surface area contributed by atoms with Crippen molar-refractivity contribution in [3.05, 3.63) is 66.0 Å². The van der Waals surface area contributed by atoms with Crippen LogP contribution in [0.3, 0.4) is 0 Å². The van der Waals surface area contributed by atoms with Crippen LogP contribution in [-0.2, 0) is 11.3 Å². The highest BCUT2D eigenvalue weighted by Crippen LogP contribution is 2.34. The number of aryl methyl sites for hydroxylation is 1. The molecule has 0 bridgehead atoms. The summed E-state index contributed by atoms with van der Waals surface area (Å²) in [7, 11) is 3.79. The van der Waals surface area contributed by atoms with Crippen LogP contribution in [0.5, 0.6) is 0 Å². The van der Waals surface area contributed by atoms with Gasteiger partial charge in [-0.25, -0.2) is 0 Å². The van der Waals surface area contributed by atoms with Crippen LogP contribution in [0.4, 0.5) is 20.2 Å². The minimum atomic E-state index is -2.84. The summed E-state index contributed by atoms with van der Waals surface area (Å²) in [6.45, 7) is 2.09. The zero-order valence-electron chi connectivity index (χ0n) is 18.2. The molecule has 0 aliphatic carbocycles. The zero-order chi connectivity index (χ0) is 23.5. The van der Waals surface area contributed by atoms with Gasteiger partial charge in [0, 0.05) is 25.9 Å². The second-order valence-electron chi connectivity index (χ2n) is 7.53. The highest BCUT2D eigenvalue weighted by Gasteiger charge is 2.18. The molecule has 0 saturated carbocycles. The van der Waals surface area contributed by atoms with E-state index >= 15 is 0 Å². The predicted molar refractivity (Wildman–Crippen MR) is 118 cm³/mol. The molecule has 0 aliphatic heterocycles. The summed E-state index contributed by atoms with van der Waals surface area (Å²) in [4.78, 5) is 19.7. The lowest BCUT2D eigenvalue weighted by Crippen LogP contribution is -2.24. The van der Waals surface area contributed by atoms with Gasteiger partial charge in [-0.3, -0.25) is 9.78 Å². The highest BCUT2D eigenvalue weighted by molar-refractivity contribution is 5.86. The van der Waals surface area contributed by atoms with Gasteiger partial charge >= 0.3 is 6.43 Å². The number of hydrogen-bond acceptors (Lipinski definition) is 7. The maximum absolute atomic E-state index is 12.7. The number of alkyl halides is 2. The molecule has 3 heterocycles. The lowest BCUT2D eigenvalue weighted by atomic mass is 10.1. The van der Waals surface area contributed by atoms with Crippen LogP contribution in [0.1, 0.15) is 23.8 Å². The molecular weight excluding hydrogens is 432 g/mol. The van der Waals surface area contributed by atoms with Gasteiger partial charge in [0.05, 0.1) is 29.2 Å². The van der Waals surface area contributed by atoms with E-state index in [0.717, 1.165) is 29.2 Å². The van der Waals surface area contributed by atoms with Gasteiger partial charge in [0.2, 0.25) is 12.3 Å². The molecule has 1 aromatic carbocycles. The number of aromatic nitrogens is 3. The average Bonchev–Trinajstić information content (AvgIpc) is 3.47. The van der Waals surface area contributed by atoms with Crippen molar-refractivity contribution in [3.63, 3.8) is 0 Å². The van der Waals surface area contributed by atoms with E-state index in [0.29, 0.717) is 16.9 Å². The molecule has 4 aromatic rings. The average molecular weight is 453 g/mol. The zero-order valence-corrected chi connectivity index (χ0v) is 18.2. The molecule has 4 rings (SSSR count). The molecule has 170 valence electrons. The molecule has 0 atom stereocenters. The number of anilines is 2. The fourth-order valence-corrected chi connectivity index (χ4v) is 3.31. The van der Waals surface area contributed by atoms with E-state index in [-0.39, 0.29) is 12.4 Å². The SMILES string of the molecule is Cc1ccc(-c2ccc(N(C=O)Cc3ccc(-c4nnc(C(F)F)o4)cn3)c(N(C)C)c2)o1. The van der Waals surface area contributed by atoms with Crippen molar-refractivity contribution in [1.82, 2.24) is 15.2 Å². The summed E-state index contributed by atoms with van der Waals surface area (Å²) >= 11 is 0. The third-order valence-corrected chi connectivity index (χ3v) is 4.95. The smallest absolute Gasteiger partial charge is 0.314 e. The number of nitrogens with zero attached hydrogens (tertiary/aromatic N) is 5. The second kappa shape index (κ2) is 9.19. The Labute approximate surface area is 188 Å². The van der Waals surface area contributed by atoms with Gasteiger partial charge in [-0.1, -0.05) is 0 Å². The quantitative estimate of drug-likeness (QED) is 0.352. The van der Waals surface area contributed by atoms with Crippen molar-refractivity contribution < 1.29 is 22.4 Å². The second-order valence-corrected chi connectivity index (χ2v) is 7.53. The third-order valence-electron chi connectivity index (χ3n) is 4.95. The summed E-state index contributed by atoms with van der Waals surface area (Å²) in [6.07, 6.45) is -0.661. The van der Waals surface area contributed by atoms with Crippen LogP contribution in [0.2, 0.25) is 0 Å². The van der Waals surface area contributed by atoms with Crippen molar-refractivity contribution in [1.29, 1.82) is 0 Å². The molecule has 3 aromatic heterocycles. The molecule has 8 nitrogen and oxygen atoms in total. The van der Waals surface area contributed by atoms with Crippen LogP contribution in [-0.4, -0.2) is 35.7 Å². The number of benzene rings is 1. The van der Waals surface area contributed by atoms with Gasteiger partial charge in [-0.05, 0) is 49.4 Å². The Kier molecular flexibility index (Phi) is 6.16. The van der Waals surface area contributed by atoms with Crippen LogP contribution in [0, 0.1) is 6.92 Å². The summed E-state index contributed by atoms with van der Waals surface area (Å²) in [5, 5.41) is 6.92. The van der Waals surface area contributed by atoms with Crippen molar-refractivity contribution in [3.8, 4) is 22.8 Å². The Bertz CT molecular complexity index is 1250. The van der Waals surface area contributed by atoms with Crippen molar-refractivity contribution in [2.24, 2.45) is 0 Å². The number of carbonyl (C=O) groups is 1. The lowest BCUT2D eigenvalue weighted by molar-refractivity contribution is -0.107. The minimum absolute atomic E-state index is 0.0461. The summed E-state index contributed by atoms with van der Waals surface area (Å²) in [5.41, 5.74) is 3.42. The van der Waals surface area contributed by atoms with Gasteiger partial charge in [0.15, 0.2) is 0 Å². The Hall–Kier alpha value is -4.08. The standard InChI is InChI=1S/C23H21F2N5O3/c1-14-4-9-20(32-14)15-6-8-18(19(10-15)29(2)3)30(13-31)12-17-7-5-16(11-26-17)22-27-28-23(33-22)21(24)25/h4-11,13,21H,12H2,1-3H3. The summed E-state index contributed by atoms with van der Waals surface area (Å²) in [6, 6.07) is 12.8. The van der Waals surface area contributed by atoms with E-state index in [4.69, 9.17) is 8.83 Å². The van der Waals surface area contributed by atoms with Gasteiger partial charge in [-0.15, -0.1) is 10.2 Å². The van der Waals surface area contributed by atoms with Gasteiger partial charge < -0.3 is 18.6 Å². The number of hydrogen-bond donors (Lipinski definition) is 0. The number of carbonyl (C=O) groups excluding carboxylic acids is 1. The predicted octanol–water partition coefficient (Wildman–Crippen LogP) is 4.87. The third kappa shape index (κ3) is 4.74. The van der Waals surface area contributed by atoms with Gasteiger partial charge in [0.1, 0.15) is 11.5 Å². The molecule has 10 heteroatoms. The number of halogens is 2. The van der Waals surface area contributed by atoms with Gasteiger partial charge in [-0.2, -0.15) is 8.78 Å². The van der Waals surface area contributed by atoms with Crippen molar-refractivity contribution >= 4 is 17.8 Å². The Morgan fingerprint density at radius 2 is 1.79 bits per heavy atom. The maximum atomic E-state index is 12.7. The van der Waals surface area contributed by atoms with E-state index < -0.39 is 12.3 Å². The monoisotopic (exact) mass is 453 g/mol. The van der Waals surface area contributed by atoms with Crippen molar-refractivity contribution in [2.45, 2.75) is 19.9 Å². The Balaban J connectivity index is 1.57. The van der Waals surface area contributed by atoms with Crippen LogP contribution in [0.15, 0.2) is 57.5 Å². The fourth-order valence-electron chi connectivity index (χ4n) is 3.31. The normalized spacial score (nSPS) is 11.1. The van der Waals surface area contributed by atoms with E-state index in [9.17, 15) is 13.6 Å². The summed E-state index contributed by atoms with van der Waals surface area (Å²) in [5.74, 6) is 0.768. The molecule has 0 radical (unpaired) electrons. The van der Waals surface area contributed by atoms with E-state index in [2.05, 4.69) is 15.2 Å². The fraction of sp³-hybridized carbons (Fsp3) is 0.217. The van der Waals surface area contributed by atoms with E-state index in [1.807, 2.05) is 56.3 Å². The molecule has 0 spiro atoms. The molecule has 0 aliphatic rings. The Morgan fingerprint density at radius 1 is 1.00 bits per heavy atom. The van der Waals surface area contributed by atoms with Crippen LogP contribution >= 0.6 is 0 Å². The van der Waals surface area contributed by atoms with Crippen molar-refractivity contribution in [2.75, 3.05) is 23.9 Å². The van der Waals surface area contributed by atoms with Crippen LogP contribution in [0.25, 0.3) is 22.8 Å². The van der Waals surface area contributed by atoms with Gasteiger partial charge in [0.25, 0.3) is 5.89 Å². The first-order valence-corrected chi connectivity index (χ1v) is 10.0. The van der Waals surface area contributed by atoms with E-state index in [1.165, 1.54) is 11.1 Å². The first-order valence-electron chi connectivity index (χ1n) is 10.0. The first kappa shape index (κ1) is 22.1. The number of amides is 1. The first-order chi connectivity index (χ1) is 15.9. The number of rotatable bonds is 8. The van der Waals surface area contributed by atoms with E-state index in [1.54, 1.807) is 12.1 Å². The molecule has 0 fully saturated rings. The van der Waals surface area contributed by atoms with Crippen LogP contribution < -0.4 is 9.80 Å². The lowest BCUT2D eigenvalue weighted by Gasteiger charge is -2.25. The minimum Gasteiger partial charge on any atom is -0.461 e. The highest BCUT2D eigenvalue weighted by atomic mass is 19.3. The number of furan rings is 1. The topological polar surface area (TPSA) is 88.5 Å². The molecule has 33 heavy (non-hydrogen) atoms. The maximum Gasteiger partial charge on any atom is 0.314 e.